The van der Waals surface area contributed by atoms with Crippen molar-refractivity contribution in [2.75, 3.05) is 13.7 Å². The lowest BCUT2D eigenvalue weighted by atomic mass is 10.2. The largest absolute Gasteiger partial charge is 0.493 e. The number of rotatable bonds is 5. The van der Waals surface area contributed by atoms with Gasteiger partial charge in [-0.1, -0.05) is 0 Å². The van der Waals surface area contributed by atoms with Gasteiger partial charge in [0.1, 0.15) is 6.33 Å². The van der Waals surface area contributed by atoms with Gasteiger partial charge in [-0.2, -0.15) is 15.4 Å². The Morgan fingerprint density at radius 3 is 2.95 bits per heavy atom. The van der Waals surface area contributed by atoms with E-state index < -0.39 is 0 Å². The first-order valence-electron chi connectivity index (χ1n) is 6.12. The Bertz CT molecular complexity index is 699. The van der Waals surface area contributed by atoms with E-state index in [-0.39, 0.29) is 0 Å². The highest BCUT2D eigenvalue weighted by Crippen LogP contribution is 2.31. The van der Waals surface area contributed by atoms with Crippen LogP contribution >= 0.6 is 0 Å². The van der Waals surface area contributed by atoms with Gasteiger partial charge in [0, 0.05) is 24.1 Å². The van der Waals surface area contributed by atoms with E-state index in [2.05, 4.69) is 25.4 Å². The van der Waals surface area contributed by atoms with Crippen LogP contribution in [0.25, 0.3) is 10.9 Å². The molecule has 1 aromatic carbocycles. The van der Waals surface area contributed by atoms with E-state index in [0.29, 0.717) is 24.5 Å². The summed E-state index contributed by atoms with van der Waals surface area (Å²) in [6.07, 6.45) is 5.59. The number of ether oxygens (including phenoxy) is 2. The molecule has 0 aliphatic carbocycles. The van der Waals surface area contributed by atoms with Crippen LogP contribution < -0.4 is 9.47 Å². The molecule has 0 radical (unpaired) electrons. The number of benzene rings is 1. The van der Waals surface area contributed by atoms with Crippen LogP contribution in [0.5, 0.6) is 11.5 Å². The number of hydrogen-bond acceptors (Lipinski definition) is 6. The zero-order chi connectivity index (χ0) is 13.8. The van der Waals surface area contributed by atoms with Gasteiger partial charge in [-0.25, -0.2) is 9.97 Å². The van der Waals surface area contributed by atoms with Crippen LogP contribution in [-0.2, 0) is 6.42 Å². The minimum atomic E-state index is 0.486. The molecular formula is C13H13N5O2. The van der Waals surface area contributed by atoms with Gasteiger partial charge in [0.15, 0.2) is 11.5 Å². The molecular weight excluding hydrogens is 258 g/mol. The molecule has 0 aliphatic heterocycles. The Labute approximate surface area is 115 Å². The summed E-state index contributed by atoms with van der Waals surface area (Å²) in [7, 11) is 1.61. The predicted molar refractivity (Wildman–Crippen MR) is 71.7 cm³/mol. The lowest BCUT2D eigenvalue weighted by Crippen LogP contribution is -2.03. The van der Waals surface area contributed by atoms with E-state index in [1.54, 1.807) is 19.5 Å². The number of aromatic nitrogens is 5. The van der Waals surface area contributed by atoms with Crippen molar-refractivity contribution in [3.63, 3.8) is 0 Å². The Kier molecular flexibility index (Phi) is 3.40. The van der Waals surface area contributed by atoms with Crippen molar-refractivity contribution < 1.29 is 9.47 Å². The first-order valence-corrected chi connectivity index (χ1v) is 6.12. The topological polar surface area (TPSA) is 85.8 Å². The monoisotopic (exact) mass is 271 g/mol. The molecule has 102 valence electrons. The molecule has 0 unspecified atom stereocenters. The molecule has 2 heterocycles. The van der Waals surface area contributed by atoms with Gasteiger partial charge in [-0.05, 0) is 6.07 Å². The minimum Gasteiger partial charge on any atom is -0.493 e. The van der Waals surface area contributed by atoms with Gasteiger partial charge in [0.2, 0.25) is 0 Å². The fourth-order valence-electron chi connectivity index (χ4n) is 1.87. The summed E-state index contributed by atoms with van der Waals surface area (Å²) in [5, 5.41) is 11.2. The van der Waals surface area contributed by atoms with E-state index in [1.807, 2.05) is 12.1 Å². The maximum atomic E-state index is 5.74. The molecule has 20 heavy (non-hydrogen) atoms. The van der Waals surface area contributed by atoms with Crippen molar-refractivity contribution in [2.24, 2.45) is 0 Å². The molecule has 0 fully saturated rings. The molecule has 0 spiro atoms. The predicted octanol–water partition coefficient (Wildman–Crippen LogP) is 1.38. The molecule has 7 nitrogen and oxygen atoms in total. The maximum Gasteiger partial charge on any atom is 0.163 e. The summed E-state index contributed by atoms with van der Waals surface area (Å²) < 4.78 is 11.1. The molecule has 0 saturated heterocycles. The zero-order valence-corrected chi connectivity index (χ0v) is 10.9. The third-order valence-electron chi connectivity index (χ3n) is 2.87. The highest BCUT2D eigenvalue weighted by molar-refractivity contribution is 5.81. The summed E-state index contributed by atoms with van der Waals surface area (Å²) in [6, 6.07) is 3.71. The fraction of sp³-hybridized carbons (Fsp3) is 0.231. The van der Waals surface area contributed by atoms with Crippen molar-refractivity contribution in [2.45, 2.75) is 6.42 Å². The molecule has 3 aromatic rings. The molecule has 3 rings (SSSR count). The molecule has 0 saturated carbocycles. The van der Waals surface area contributed by atoms with E-state index in [1.165, 1.54) is 6.33 Å². The Hall–Kier alpha value is -2.70. The Balaban J connectivity index is 1.78. The highest BCUT2D eigenvalue weighted by atomic mass is 16.5. The summed E-state index contributed by atoms with van der Waals surface area (Å²) in [6.45, 7) is 0.486. The third kappa shape index (κ3) is 2.51. The maximum absolute atomic E-state index is 5.74. The summed E-state index contributed by atoms with van der Waals surface area (Å²) in [4.78, 5) is 8.19. The molecule has 0 bridgehead atoms. The van der Waals surface area contributed by atoms with Crippen molar-refractivity contribution in [1.29, 1.82) is 0 Å². The molecule has 2 aromatic heterocycles. The molecule has 0 amide bonds. The Morgan fingerprint density at radius 1 is 1.20 bits per heavy atom. The van der Waals surface area contributed by atoms with Gasteiger partial charge in [0.25, 0.3) is 0 Å². The summed E-state index contributed by atoms with van der Waals surface area (Å²) in [5.74, 6) is 1.31. The number of fused-ring (bicyclic) bond motifs is 1. The first-order chi connectivity index (χ1) is 9.86. The van der Waals surface area contributed by atoms with Crippen LogP contribution in [0.4, 0.5) is 0 Å². The van der Waals surface area contributed by atoms with Crippen molar-refractivity contribution in [3.05, 3.63) is 36.5 Å². The van der Waals surface area contributed by atoms with Gasteiger partial charge < -0.3 is 9.47 Å². The zero-order valence-electron chi connectivity index (χ0n) is 10.9. The van der Waals surface area contributed by atoms with Crippen LogP contribution in [0.15, 0.2) is 30.9 Å². The highest BCUT2D eigenvalue weighted by Gasteiger charge is 2.08. The number of hydrogen-bond donors (Lipinski definition) is 1. The average Bonchev–Trinajstić information content (AvgIpc) is 3.00. The molecule has 7 heteroatoms. The summed E-state index contributed by atoms with van der Waals surface area (Å²) in [5.41, 5.74) is 1.67. The smallest absolute Gasteiger partial charge is 0.163 e. The van der Waals surface area contributed by atoms with Gasteiger partial charge in [-0.15, -0.1) is 0 Å². The average molecular weight is 271 g/mol. The number of aromatic amines is 1. The SMILES string of the molecule is COc1cc2cncnc2cc1OCCc1cn[nH]n1. The molecule has 0 aliphatic rings. The molecule has 1 N–H and O–H groups in total. The normalized spacial score (nSPS) is 10.7. The minimum absolute atomic E-state index is 0.486. The van der Waals surface area contributed by atoms with Crippen LogP contribution in [0.3, 0.4) is 0 Å². The van der Waals surface area contributed by atoms with Crippen LogP contribution in [0.1, 0.15) is 5.69 Å². The summed E-state index contributed by atoms with van der Waals surface area (Å²) >= 11 is 0. The van der Waals surface area contributed by atoms with Crippen molar-refractivity contribution in [3.8, 4) is 11.5 Å². The van der Waals surface area contributed by atoms with Gasteiger partial charge in [-0.3, -0.25) is 0 Å². The van der Waals surface area contributed by atoms with Crippen molar-refractivity contribution in [1.82, 2.24) is 25.4 Å². The van der Waals surface area contributed by atoms with Crippen LogP contribution in [-0.4, -0.2) is 39.1 Å². The standard InChI is InChI=1S/C13H13N5O2/c1-19-12-4-9-6-14-8-15-11(9)5-13(12)20-3-2-10-7-16-18-17-10/h4-8H,2-3H2,1H3,(H,16,17,18). The second kappa shape index (κ2) is 5.52. The first kappa shape index (κ1) is 12.3. The van der Waals surface area contributed by atoms with Gasteiger partial charge >= 0.3 is 0 Å². The quantitative estimate of drug-likeness (QED) is 0.754. The van der Waals surface area contributed by atoms with E-state index in [0.717, 1.165) is 16.6 Å². The lowest BCUT2D eigenvalue weighted by Gasteiger charge is -2.11. The second-order valence-corrected chi connectivity index (χ2v) is 4.14. The van der Waals surface area contributed by atoms with Crippen LogP contribution in [0, 0.1) is 0 Å². The van der Waals surface area contributed by atoms with Crippen LogP contribution in [0.2, 0.25) is 0 Å². The van der Waals surface area contributed by atoms with Gasteiger partial charge in [0.05, 0.1) is 31.1 Å². The number of methoxy groups -OCH3 is 1. The lowest BCUT2D eigenvalue weighted by molar-refractivity contribution is 0.297. The number of nitrogens with zero attached hydrogens (tertiary/aromatic N) is 4. The van der Waals surface area contributed by atoms with E-state index in [4.69, 9.17) is 9.47 Å². The fourth-order valence-corrected chi connectivity index (χ4v) is 1.87. The van der Waals surface area contributed by atoms with Crippen molar-refractivity contribution >= 4 is 10.9 Å². The van der Waals surface area contributed by atoms with E-state index >= 15 is 0 Å². The number of H-pyrrole nitrogens is 1. The van der Waals surface area contributed by atoms with E-state index in [9.17, 15) is 0 Å². The second-order valence-electron chi connectivity index (χ2n) is 4.14. The Morgan fingerprint density at radius 2 is 2.15 bits per heavy atom. The molecule has 0 atom stereocenters. The number of nitrogens with one attached hydrogen (secondary N) is 1. The third-order valence-corrected chi connectivity index (χ3v) is 2.87.